The number of carbonyl (C=O) groups excluding carboxylic acids is 1. The van der Waals surface area contributed by atoms with Gasteiger partial charge in [0.2, 0.25) is 0 Å². The van der Waals surface area contributed by atoms with Gasteiger partial charge in [-0.05, 0) is 48.9 Å². The molecule has 0 unspecified atom stereocenters. The van der Waals surface area contributed by atoms with E-state index in [0.29, 0.717) is 28.6 Å². The molecule has 1 aliphatic rings. The Bertz CT molecular complexity index is 1270. The van der Waals surface area contributed by atoms with Crippen molar-refractivity contribution < 1.29 is 14.7 Å². The lowest BCUT2D eigenvalue weighted by Gasteiger charge is -2.13. The maximum absolute atomic E-state index is 13.2. The third kappa shape index (κ3) is 6.46. The molecule has 0 aliphatic carbocycles. The number of aromatic nitrogens is 2. The van der Waals surface area contributed by atoms with E-state index in [1.807, 2.05) is 47.3 Å². The van der Waals surface area contributed by atoms with Crippen molar-refractivity contribution in [3.8, 4) is 16.9 Å². The molecule has 2 heterocycles. The van der Waals surface area contributed by atoms with Crippen LogP contribution in [0.5, 0.6) is 0 Å². The first-order chi connectivity index (χ1) is 17.5. The Kier molecular flexibility index (Phi) is 9.01. The first kappa shape index (κ1) is 26.2. The Morgan fingerprint density at radius 3 is 2.56 bits per heavy atom. The Morgan fingerprint density at radius 2 is 1.86 bits per heavy atom. The lowest BCUT2D eigenvalue weighted by Crippen LogP contribution is -2.29. The van der Waals surface area contributed by atoms with Gasteiger partial charge in [0, 0.05) is 35.2 Å². The molecule has 0 radical (unpaired) electrons. The summed E-state index contributed by atoms with van der Waals surface area (Å²) in [4.78, 5) is 27.2. The minimum atomic E-state index is -0.797. The van der Waals surface area contributed by atoms with Crippen LogP contribution in [0.15, 0.2) is 70.6 Å². The van der Waals surface area contributed by atoms with E-state index in [1.165, 1.54) is 16.7 Å². The second-order valence-electron chi connectivity index (χ2n) is 8.21. The zero-order valence-corrected chi connectivity index (χ0v) is 22.4. The van der Waals surface area contributed by atoms with Crippen LogP contribution < -0.4 is 0 Å². The summed E-state index contributed by atoms with van der Waals surface area (Å²) in [5, 5.41) is 13.7. The van der Waals surface area contributed by atoms with E-state index in [1.54, 1.807) is 16.7 Å². The van der Waals surface area contributed by atoms with Crippen LogP contribution in [0.2, 0.25) is 0 Å². The number of amides is 1. The Balaban J connectivity index is 1.59. The summed E-state index contributed by atoms with van der Waals surface area (Å²) in [7, 11) is 0. The molecule has 0 bridgehead atoms. The predicted octanol–water partition coefficient (Wildman–Crippen LogP) is 6.50. The number of carboxylic acid groups (broad SMARTS) is 1. The Hall–Kier alpha value is -2.88. The number of benzene rings is 2. The zero-order valence-electron chi connectivity index (χ0n) is 19.9. The van der Waals surface area contributed by atoms with Crippen molar-refractivity contribution in [2.45, 2.75) is 37.5 Å². The molecule has 6 nitrogen and oxygen atoms in total. The average Bonchev–Trinajstić information content (AvgIpc) is 3.41. The second-order valence-corrected chi connectivity index (χ2v) is 11.2. The Labute approximate surface area is 224 Å². The van der Waals surface area contributed by atoms with Crippen molar-refractivity contribution in [2.24, 2.45) is 0 Å². The third-order valence-corrected chi connectivity index (χ3v) is 7.91. The molecule has 3 aromatic rings. The third-order valence-electron chi connectivity index (χ3n) is 5.63. The number of carboxylic acids is 1. The highest BCUT2D eigenvalue weighted by molar-refractivity contribution is 8.26. The second kappa shape index (κ2) is 12.4. The number of aliphatic carboxylic acids is 1. The molecule has 1 aromatic heterocycles. The van der Waals surface area contributed by atoms with Gasteiger partial charge in [0.15, 0.2) is 0 Å². The fraction of sp³-hybridized carbons (Fsp3) is 0.259. The predicted molar refractivity (Wildman–Crippen MR) is 151 cm³/mol. The van der Waals surface area contributed by atoms with Gasteiger partial charge in [-0.3, -0.25) is 14.5 Å². The molecule has 2 aromatic carbocycles. The maximum atomic E-state index is 13.2. The highest BCUT2D eigenvalue weighted by Gasteiger charge is 2.32. The van der Waals surface area contributed by atoms with Crippen LogP contribution in [0, 0.1) is 0 Å². The van der Waals surface area contributed by atoms with Crippen LogP contribution in [-0.4, -0.2) is 48.3 Å². The summed E-state index contributed by atoms with van der Waals surface area (Å²) in [5.74, 6) is 0.0970. The van der Waals surface area contributed by atoms with Crippen LogP contribution in [-0.2, 0) is 9.59 Å². The Morgan fingerprint density at radius 1 is 1.11 bits per heavy atom. The van der Waals surface area contributed by atoms with Crippen LogP contribution in [0.25, 0.3) is 23.0 Å². The number of nitrogens with zero attached hydrogens (tertiary/aromatic N) is 3. The van der Waals surface area contributed by atoms with Crippen LogP contribution in [0.4, 0.5) is 0 Å². The SMILES string of the molecule is CCSc1ccc(-c2nn(-c3ccccc3)cc2/C=C2\SC(=S)N(CCCCCC(=O)O)C2=O)cc1. The van der Waals surface area contributed by atoms with Crippen molar-refractivity contribution in [1.82, 2.24) is 14.7 Å². The molecule has 0 saturated carbocycles. The van der Waals surface area contributed by atoms with Gasteiger partial charge in [0.1, 0.15) is 4.32 Å². The lowest BCUT2D eigenvalue weighted by atomic mass is 10.1. The van der Waals surface area contributed by atoms with Crippen molar-refractivity contribution in [3.05, 3.63) is 71.3 Å². The normalized spacial score (nSPS) is 14.7. The van der Waals surface area contributed by atoms with Crippen LogP contribution >= 0.6 is 35.7 Å². The van der Waals surface area contributed by atoms with Gasteiger partial charge >= 0.3 is 5.97 Å². The zero-order chi connectivity index (χ0) is 25.5. The minimum Gasteiger partial charge on any atom is -0.481 e. The molecule has 1 fully saturated rings. The number of rotatable bonds is 11. The molecule has 186 valence electrons. The molecule has 4 rings (SSSR count). The fourth-order valence-corrected chi connectivity index (χ4v) is 5.82. The molecular formula is C27H27N3O3S3. The number of hydrogen-bond donors (Lipinski definition) is 1. The first-order valence-corrected chi connectivity index (χ1v) is 14.0. The van der Waals surface area contributed by atoms with E-state index in [9.17, 15) is 9.59 Å². The largest absolute Gasteiger partial charge is 0.481 e. The topological polar surface area (TPSA) is 75.4 Å². The van der Waals surface area contributed by atoms with Crippen LogP contribution in [0.1, 0.15) is 38.2 Å². The lowest BCUT2D eigenvalue weighted by molar-refractivity contribution is -0.137. The summed E-state index contributed by atoms with van der Waals surface area (Å²) in [6.45, 7) is 2.62. The molecule has 9 heteroatoms. The van der Waals surface area contributed by atoms with Crippen molar-refractivity contribution in [3.63, 3.8) is 0 Å². The summed E-state index contributed by atoms with van der Waals surface area (Å²) in [6, 6.07) is 18.2. The summed E-state index contributed by atoms with van der Waals surface area (Å²) in [5.41, 5.74) is 3.55. The van der Waals surface area contributed by atoms with Gasteiger partial charge in [0.25, 0.3) is 5.91 Å². The molecule has 1 amide bonds. The quantitative estimate of drug-likeness (QED) is 0.130. The maximum Gasteiger partial charge on any atom is 0.303 e. The molecule has 0 atom stereocenters. The van der Waals surface area contributed by atoms with E-state index in [2.05, 4.69) is 31.2 Å². The smallest absolute Gasteiger partial charge is 0.303 e. The molecular weight excluding hydrogens is 511 g/mol. The number of para-hydroxylation sites is 1. The molecule has 1 saturated heterocycles. The number of hydrogen-bond acceptors (Lipinski definition) is 6. The van der Waals surface area contributed by atoms with E-state index in [0.717, 1.165) is 34.7 Å². The number of carbonyl (C=O) groups is 2. The van der Waals surface area contributed by atoms with Crippen molar-refractivity contribution in [1.29, 1.82) is 0 Å². The van der Waals surface area contributed by atoms with Gasteiger partial charge in [-0.15, -0.1) is 11.8 Å². The van der Waals surface area contributed by atoms with E-state index in [-0.39, 0.29) is 12.3 Å². The summed E-state index contributed by atoms with van der Waals surface area (Å²) >= 11 is 8.57. The van der Waals surface area contributed by atoms with E-state index < -0.39 is 5.97 Å². The highest BCUT2D eigenvalue weighted by atomic mass is 32.2. The standard InChI is InChI=1S/C27H27N3O3S3/c1-2-35-22-14-12-19(13-15-22)25-20(18-30(28-25)21-9-5-3-6-10-21)17-23-26(33)29(27(34)36-23)16-8-4-7-11-24(31)32/h3,5-6,9-10,12-15,17-18H,2,4,7-8,11,16H2,1H3,(H,31,32)/b23-17-. The summed E-state index contributed by atoms with van der Waals surface area (Å²) in [6.07, 6.45) is 6.01. The van der Waals surface area contributed by atoms with E-state index >= 15 is 0 Å². The first-order valence-electron chi connectivity index (χ1n) is 11.8. The molecule has 0 spiro atoms. The minimum absolute atomic E-state index is 0.115. The van der Waals surface area contributed by atoms with Gasteiger partial charge in [-0.25, -0.2) is 4.68 Å². The summed E-state index contributed by atoms with van der Waals surface area (Å²) < 4.78 is 2.36. The van der Waals surface area contributed by atoms with Crippen LogP contribution in [0.3, 0.4) is 0 Å². The highest BCUT2D eigenvalue weighted by Crippen LogP contribution is 2.35. The monoisotopic (exact) mass is 537 g/mol. The number of thioether (sulfide) groups is 2. The molecule has 1 aliphatic heterocycles. The van der Waals surface area contributed by atoms with Gasteiger partial charge in [0.05, 0.1) is 16.3 Å². The molecule has 36 heavy (non-hydrogen) atoms. The van der Waals surface area contributed by atoms with Gasteiger partial charge in [-0.1, -0.05) is 67.7 Å². The number of unbranched alkanes of at least 4 members (excludes halogenated alkanes) is 2. The van der Waals surface area contributed by atoms with E-state index in [4.69, 9.17) is 22.4 Å². The van der Waals surface area contributed by atoms with Crippen molar-refractivity contribution in [2.75, 3.05) is 12.3 Å². The van der Waals surface area contributed by atoms with Crippen molar-refractivity contribution >= 4 is 58.0 Å². The number of thiocarbonyl (C=S) groups is 1. The average molecular weight is 538 g/mol. The molecule has 1 N–H and O–H groups in total. The van der Waals surface area contributed by atoms with Gasteiger partial charge < -0.3 is 5.11 Å². The fourth-order valence-electron chi connectivity index (χ4n) is 3.86. The van der Waals surface area contributed by atoms with Gasteiger partial charge in [-0.2, -0.15) is 5.10 Å².